The largest absolute Gasteiger partial charge is 0.512 e. The number of benzene rings is 3. The van der Waals surface area contributed by atoms with Crippen LogP contribution in [0.4, 0.5) is 0 Å². The van der Waals surface area contributed by atoms with Gasteiger partial charge in [-0.1, -0.05) is 99.6 Å². The van der Waals surface area contributed by atoms with Gasteiger partial charge >= 0.3 is 0 Å². The Morgan fingerprint density at radius 1 is 0.952 bits per heavy atom. The number of allylic oxidation sites excluding steroid dienone is 2. The van der Waals surface area contributed by atoms with Crippen molar-refractivity contribution in [2.45, 2.75) is 88.5 Å². The number of rotatable bonds is 8. The topological polar surface area (TPSA) is 50.2 Å². The van der Waals surface area contributed by atoms with Crippen molar-refractivity contribution in [1.82, 2.24) is 4.98 Å². The quantitative estimate of drug-likeness (QED) is 0.0847. The third kappa shape index (κ3) is 8.39. The minimum absolute atomic E-state index is 0. The molecule has 0 aliphatic heterocycles. The number of aryl methyl sites for hydroxylation is 2. The van der Waals surface area contributed by atoms with Gasteiger partial charge in [0, 0.05) is 43.2 Å². The van der Waals surface area contributed by atoms with Gasteiger partial charge in [0.1, 0.15) is 5.76 Å². The summed E-state index contributed by atoms with van der Waals surface area (Å²) in [6.45, 7) is 20.4. The zero-order chi connectivity index (χ0) is 30.5. The van der Waals surface area contributed by atoms with Crippen LogP contribution in [0, 0.1) is 36.7 Å². The van der Waals surface area contributed by atoms with Crippen LogP contribution in [0.15, 0.2) is 66.6 Å². The molecular formula is C38H48IrNO2-. The first kappa shape index (κ1) is 35.4. The Morgan fingerprint density at radius 3 is 2.14 bits per heavy atom. The standard InChI is InChI=1S/C25H24N.C13H24O2.Ir/c1-16(2)11-20-15-19-9-10-26-25(21-13-17(3)12-18(4)14-21)24(19)23-8-6-5-7-22(20)23;1-7-12(3,4)10(14)9-11(15)13(5,6)8-2;/h5-10,12-13,15-16H,11H2,1-4H3;9,14H,7-8H2,1-6H3;/q-1;;/b;10-9-;. The molecule has 3 nitrogen and oxygen atoms in total. The maximum Gasteiger partial charge on any atom is 0.164 e. The number of nitrogens with zero attached hydrogens (tertiary/aromatic N) is 1. The summed E-state index contributed by atoms with van der Waals surface area (Å²) in [5.74, 6) is 0.825. The molecule has 1 aromatic heterocycles. The second kappa shape index (κ2) is 14.6. The predicted octanol–water partition coefficient (Wildman–Crippen LogP) is 10.5. The van der Waals surface area contributed by atoms with Gasteiger partial charge in [0.2, 0.25) is 0 Å². The molecule has 0 saturated carbocycles. The number of aromatic nitrogens is 1. The fraction of sp³-hybridized carbons (Fsp3) is 0.421. The van der Waals surface area contributed by atoms with Gasteiger partial charge < -0.3 is 10.1 Å². The number of aliphatic hydroxyl groups is 1. The van der Waals surface area contributed by atoms with Gasteiger partial charge in [-0.05, 0) is 64.0 Å². The van der Waals surface area contributed by atoms with Crippen LogP contribution in [0.1, 0.15) is 84.9 Å². The predicted molar refractivity (Wildman–Crippen MR) is 175 cm³/mol. The normalized spacial score (nSPS) is 12.2. The molecule has 0 aliphatic carbocycles. The van der Waals surface area contributed by atoms with Crippen LogP contribution in [-0.2, 0) is 31.3 Å². The first-order valence-electron chi connectivity index (χ1n) is 15.0. The summed E-state index contributed by atoms with van der Waals surface area (Å²) in [7, 11) is 0. The Balaban J connectivity index is 0.000000334. The first-order chi connectivity index (χ1) is 19.2. The molecule has 4 heteroatoms. The zero-order valence-corrected chi connectivity index (χ0v) is 29.5. The van der Waals surface area contributed by atoms with Gasteiger partial charge in [0.05, 0.1) is 0 Å². The molecule has 0 spiro atoms. The summed E-state index contributed by atoms with van der Waals surface area (Å²) in [5.41, 5.74) is 5.24. The molecule has 1 heterocycles. The van der Waals surface area contributed by atoms with Crippen LogP contribution in [-0.4, -0.2) is 15.9 Å². The number of hydrogen-bond donors (Lipinski definition) is 1. The number of ketones is 1. The van der Waals surface area contributed by atoms with Crippen LogP contribution in [0.2, 0.25) is 0 Å². The summed E-state index contributed by atoms with van der Waals surface area (Å²) >= 11 is 0. The van der Waals surface area contributed by atoms with Crippen molar-refractivity contribution in [2.24, 2.45) is 16.7 Å². The van der Waals surface area contributed by atoms with Crippen molar-refractivity contribution < 1.29 is 30.0 Å². The van der Waals surface area contributed by atoms with E-state index >= 15 is 0 Å². The number of pyridine rings is 1. The molecule has 0 amide bonds. The molecule has 1 N–H and O–H groups in total. The Kier molecular flexibility index (Phi) is 12.3. The van der Waals surface area contributed by atoms with E-state index in [1.165, 1.54) is 38.7 Å². The Labute approximate surface area is 267 Å². The molecule has 0 aliphatic rings. The van der Waals surface area contributed by atoms with Gasteiger partial charge in [0.15, 0.2) is 5.78 Å². The average molecular weight is 743 g/mol. The van der Waals surface area contributed by atoms with Gasteiger partial charge in [0.25, 0.3) is 0 Å². The summed E-state index contributed by atoms with van der Waals surface area (Å²) in [6, 6.07) is 21.1. The average Bonchev–Trinajstić information content (AvgIpc) is 2.92. The van der Waals surface area contributed by atoms with Crippen molar-refractivity contribution >= 4 is 27.3 Å². The molecular weight excluding hydrogens is 695 g/mol. The van der Waals surface area contributed by atoms with Crippen LogP contribution in [0.3, 0.4) is 0 Å². The molecule has 1 radical (unpaired) electrons. The molecule has 4 aromatic rings. The van der Waals surface area contributed by atoms with Crippen LogP contribution < -0.4 is 0 Å². The summed E-state index contributed by atoms with van der Waals surface area (Å²) in [4.78, 5) is 16.6. The van der Waals surface area contributed by atoms with E-state index in [-0.39, 0.29) is 42.5 Å². The zero-order valence-electron chi connectivity index (χ0n) is 27.1. The van der Waals surface area contributed by atoms with Crippen molar-refractivity contribution in [1.29, 1.82) is 0 Å². The Morgan fingerprint density at radius 2 is 1.57 bits per heavy atom. The van der Waals surface area contributed by atoms with Crippen LogP contribution in [0.25, 0.3) is 32.8 Å². The Bertz CT molecular complexity index is 1540. The van der Waals surface area contributed by atoms with Crippen molar-refractivity contribution in [3.8, 4) is 11.3 Å². The van der Waals surface area contributed by atoms with E-state index in [2.05, 4.69) is 82.3 Å². The van der Waals surface area contributed by atoms with E-state index in [1.807, 2.05) is 47.7 Å². The van der Waals surface area contributed by atoms with E-state index in [4.69, 9.17) is 4.98 Å². The molecule has 4 rings (SSSR count). The van der Waals surface area contributed by atoms with Gasteiger partial charge in [-0.2, -0.15) is 0 Å². The van der Waals surface area contributed by atoms with E-state index < -0.39 is 0 Å². The van der Waals surface area contributed by atoms with E-state index in [0.717, 1.165) is 36.1 Å². The third-order valence-electron chi connectivity index (χ3n) is 8.28. The molecule has 42 heavy (non-hydrogen) atoms. The molecule has 0 saturated heterocycles. The van der Waals surface area contributed by atoms with E-state index in [9.17, 15) is 9.90 Å². The minimum atomic E-state index is -0.377. The SMILES string of the molecule is CCC(C)(C)C(=O)/C=C(\O)C(C)(C)CC.Cc1[c-]c(-c2nccc3cc(CC(C)C)c4ccccc4c23)cc(C)c1.[Ir]. The number of carbonyl (C=O) groups excluding carboxylic acids is 1. The number of aliphatic hydroxyl groups excluding tert-OH is 1. The molecule has 0 fully saturated rings. The fourth-order valence-corrected chi connectivity index (χ4v) is 4.83. The van der Waals surface area contributed by atoms with Crippen molar-refractivity contribution in [3.63, 3.8) is 0 Å². The second-order valence-corrected chi connectivity index (χ2v) is 13.1. The molecule has 3 aromatic carbocycles. The summed E-state index contributed by atoms with van der Waals surface area (Å²) < 4.78 is 0. The van der Waals surface area contributed by atoms with Crippen molar-refractivity contribution in [2.75, 3.05) is 0 Å². The third-order valence-corrected chi connectivity index (χ3v) is 8.28. The molecule has 0 atom stereocenters. The first-order valence-corrected chi connectivity index (χ1v) is 15.0. The van der Waals surface area contributed by atoms with Crippen LogP contribution >= 0.6 is 0 Å². The number of carbonyl (C=O) groups is 1. The van der Waals surface area contributed by atoms with Gasteiger partial charge in [-0.15, -0.1) is 34.9 Å². The minimum Gasteiger partial charge on any atom is -0.512 e. The van der Waals surface area contributed by atoms with E-state index in [1.54, 1.807) is 0 Å². The summed E-state index contributed by atoms with van der Waals surface area (Å²) in [5, 5.41) is 15.0. The fourth-order valence-electron chi connectivity index (χ4n) is 4.83. The number of fused-ring (bicyclic) bond motifs is 3. The summed E-state index contributed by atoms with van der Waals surface area (Å²) in [6.07, 6.45) is 6.01. The maximum atomic E-state index is 11.8. The molecule has 227 valence electrons. The van der Waals surface area contributed by atoms with E-state index in [0.29, 0.717) is 5.92 Å². The molecule has 0 bridgehead atoms. The van der Waals surface area contributed by atoms with Crippen LogP contribution in [0.5, 0.6) is 0 Å². The smallest absolute Gasteiger partial charge is 0.164 e. The number of hydrogen-bond acceptors (Lipinski definition) is 3. The van der Waals surface area contributed by atoms with Gasteiger partial charge in [-0.25, -0.2) is 0 Å². The monoisotopic (exact) mass is 743 g/mol. The van der Waals surface area contributed by atoms with Crippen molar-refractivity contribution in [3.05, 3.63) is 89.3 Å². The van der Waals surface area contributed by atoms with Gasteiger partial charge in [-0.3, -0.25) is 4.79 Å². The maximum absolute atomic E-state index is 11.8. The molecule has 0 unspecified atom stereocenters. The Hall–Kier alpha value is -2.81. The second-order valence-electron chi connectivity index (χ2n) is 13.1.